The Bertz CT molecular complexity index is 2030. The molecule has 1 heteroatoms. The third-order valence-corrected chi connectivity index (χ3v) is 8.75. The van der Waals surface area contributed by atoms with E-state index < -0.39 is 0 Å². The highest BCUT2D eigenvalue weighted by atomic mass is 14.2. The Balaban J connectivity index is 1.50. The zero-order valence-corrected chi connectivity index (χ0v) is 22.0. The Hall–Kier alpha value is -4.36. The molecule has 0 N–H and O–H groups in total. The maximum Gasteiger partial charge on any atom is 0.243 e. The first-order chi connectivity index (χ1) is 18.6. The molecular weight excluding hydrogens is 455 g/mol. The van der Waals surface area contributed by atoms with Gasteiger partial charge in [0.05, 0.1) is 0 Å². The Morgan fingerprint density at radius 1 is 0.500 bits per heavy atom. The minimum atomic E-state index is 0.244. The van der Waals surface area contributed by atoms with Crippen LogP contribution >= 0.6 is 0 Å². The molecule has 0 aliphatic carbocycles. The molecule has 0 spiro atoms. The van der Waals surface area contributed by atoms with Gasteiger partial charge in [0.15, 0.2) is 0 Å². The standard InChI is InChI=1S/C37H27B/c1-22-19-23(2)34(24(3)20-22)29-16-13-25-14-18-31-36-26(15-17-30(29)35(25)36)21-32-28-11-7-8-12-33(28)38(37(31)32)27-9-5-4-6-10-27/h4-21H,1-3H3. The fraction of sp³-hybridized carbons (Fsp3) is 0.0811. The van der Waals surface area contributed by atoms with Gasteiger partial charge in [-0.15, -0.1) is 0 Å². The largest absolute Gasteiger partial charge is 0.243 e. The van der Waals surface area contributed by atoms with Gasteiger partial charge < -0.3 is 0 Å². The molecule has 0 unspecified atom stereocenters. The quantitative estimate of drug-likeness (QED) is 0.175. The molecule has 0 atom stereocenters. The van der Waals surface area contributed by atoms with E-state index in [1.807, 2.05) is 0 Å². The van der Waals surface area contributed by atoms with E-state index >= 15 is 0 Å². The van der Waals surface area contributed by atoms with Crippen LogP contribution in [0.3, 0.4) is 0 Å². The van der Waals surface area contributed by atoms with Crippen LogP contribution in [0.5, 0.6) is 0 Å². The monoisotopic (exact) mass is 482 g/mol. The Morgan fingerprint density at radius 2 is 1.16 bits per heavy atom. The fourth-order valence-corrected chi connectivity index (χ4v) is 7.40. The summed E-state index contributed by atoms with van der Waals surface area (Å²) in [6.07, 6.45) is 0. The van der Waals surface area contributed by atoms with Gasteiger partial charge in [0.2, 0.25) is 6.71 Å². The van der Waals surface area contributed by atoms with E-state index in [-0.39, 0.29) is 6.71 Å². The van der Waals surface area contributed by atoms with Crippen molar-refractivity contribution in [3.05, 3.63) is 126 Å². The summed E-state index contributed by atoms with van der Waals surface area (Å²) in [5, 5.41) is 8.17. The summed E-state index contributed by atoms with van der Waals surface area (Å²) < 4.78 is 0. The van der Waals surface area contributed by atoms with E-state index in [2.05, 4.69) is 130 Å². The average Bonchev–Trinajstić information content (AvgIpc) is 3.26. The normalized spacial score (nSPS) is 12.6. The van der Waals surface area contributed by atoms with Crippen molar-refractivity contribution < 1.29 is 0 Å². The topological polar surface area (TPSA) is 0 Å². The molecule has 1 aliphatic rings. The molecule has 0 nitrogen and oxygen atoms in total. The molecule has 178 valence electrons. The van der Waals surface area contributed by atoms with Gasteiger partial charge >= 0.3 is 0 Å². The van der Waals surface area contributed by atoms with Gasteiger partial charge in [0.25, 0.3) is 0 Å². The molecule has 8 rings (SSSR count). The maximum atomic E-state index is 2.45. The molecule has 0 radical (unpaired) electrons. The minimum absolute atomic E-state index is 0.244. The predicted molar refractivity (Wildman–Crippen MR) is 166 cm³/mol. The second-order valence-electron chi connectivity index (χ2n) is 11.1. The van der Waals surface area contributed by atoms with E-state index in [0.29, 0.717) is 0 Å². The minimum Gasteiger partial charge on any atom is -0.0686 e. The molecule has 7 aromatic rings. The van der Waals surface area contributed by atoms with Crippen LogP contribution in [0.2, 0.25) is 0 Å². The summed E-state index contributed by atoms with van der Waals surface area (Å²) in [5.74, 6) is 0. The van der Waals surface area contributed by atoms with Crippen LogP contribution in [0.15, 0.2) is 109 Å². The third kappa shape index (κ3) is 2.88. The van der Waals surface area contributed by atoms with Gasteiger partial charge in [-0.05, 0) is 92.5 Å². The van der Waals surface area contributed by atoms with Crippen LogP contribution in [-0.2, 0) is 0 Å². The van der Waals surface area contributed by atoms with E-state index in [9.17, 15) is 0 Å². The van der Waals surface area contributed by atoms with Crippen LogP contribution in [0, 0.1) is 20.8 Å². The van der Waals surface area contributed by atoms with Crippen molar-refractivity contribution in [1.29, 1.82) is 0 Å². The van der Waals surface area contributed by atoms with Crippen molar-refractivity contribution in [2.24, 2.45) is 0 Å². The van der Waals surface area contributed by atoms with E-state index in [4.69, 9.17) is 0 Å². The lowest BCUT2D eigenvalue weighted by Gasteiger charge is -2.20. The van der Waals surface area contributed by atoms with Crippen LogP contribution in [-0.4, -0.2) is 6.71 Å². The molecule has 0 amide bonds. The molecule has 0 saturated heterocycles. The summed E-state index contributed by atoms with van der Waals surface area (Å²) in [6.45, 7) is 6.94. The molecule has 0 bridgehead atoms. The first-order valence-electron chi connectivity index (χ1n) is 13.6. The smallest absolute Gasteiger partial charge is 0.0686 e. The number of benzene rings is 7. The number of aryl methyl sites for hydroxylation is 3. The van der Waals surface area contributed by atoms with Crippen molar-refractivity contribution in [2.45, 2.75) is 20.8 Å². The fourth-order valence-electron chi connectivity index (χ4n) is 7.40. The molecule has 1 heterocycles. The summed E-state index contributed by atoms with van der Waals surface area (Å²) in [7, 11) is 0. The van der Waals surface area contributed by atoms with Gasteiger partial charge in [-0.25, -0.2) is 0 Å². The van der Waals surface area contributed by atoms with E-state index in [0.717, 1.165) is 0 Å². The maximum absolute atomic E-state index is 2.45. The third-order valence-electron chi connectivity index (χ3n) is 8.75. The number of hydrogen-bond donors (Lipinski definition) is 0. The Kier molecular flexibility index (Phi) is 4.47. The molecule has 38 heavy (non-hydrogen) atoms. The Labute approximate surface area is 224 Å². The van der Waals surface area contributed by atoms with Crippen molar-refractivity contribution in [3.63, 3.8) is 0 Å². The number of hydrogen-bond acceptors (Lipinski definition) is 0. The first kappa shape index (κ1) is 21.7. The molecule has 0 saturated carbocycles. The van der Waals surface area contributed by atoms with Crippen molar-refractivity contribution in [1.82, 2.24) is 0 Å². The van der Waals surface area contributed by atoms with Crippen molar-refractivity contribution in [3.8, 4) is 22.3 Å². The van der Waals surface area contributed by atoms with Crippen LogP contribution < -0.4 is 16.4 Å². The Morgan fingerprint density at radius 3 is 1.97 bits per heavy atom. The number of fused-ring (bicyclic) bond motifs is 4. The predicted octanol–water partition coefficient (Wildman–Crippen LogP) is 7.67. The highest BCUT2D eigenvalue weighted by Crippen LogP contribution is 2.42. The van der Waals surface area contributed by atoms with Gasteiger partial charge in [0, 0.05) is 0 Å². The van der Waals surface area contributed by atoms with Gasteiger partial charge in [-0.2, -0.15) is 0 Å². The van der Waals surface area contributed by atoms with E-state index in [1.165, 1.54) is 87.6 Å². The summed E-state index contributed by atoms with van der Waals surface area (Å²) in [6, 6.07) is 41.2. The average molecular weight is 482 g/mol. The highest BCUT2D eigenvalue weighted by molar-refractivity contribution is 7.00. The van der Waals surface area contributed by atoms with Gasteiger partial charge in [-0.1, -0.05) is 125 Å². The lowest BCUT2D eigenvalue weighted by molar-refractivity contribution is 1.32. The molecule has 7 aromatic carbocycles. The van der Waals surface area contributed by atoms with Crippen molar-refractivity contribution >= 4 is 55.4 Å². The second-order valence-corrected chi connectivity index (χ2v) is 11.1. The zero-order chi connectivity index (χ0) is 25.5. The van der Waals surface area contributed by atoms with Crippen molar-refractivity contribution in [2.75, 3.05) is 0 Å². The van der Waals surface area contributed by atoms with Gasteiger partial charge in [0.1, 0.15) is 0 Å². The van der Waals surface area contributed by atoms with Crippen LogP contribution in [0.1, 0.15) is 16.7 Å². The molecular formula is C37H27B. The first-order valence-corrected chi connectivity index (χ1v) is 13.6. The summed E-state index contributed by atoms with van der Waals surface area (Å²) in [4.78, 5) is 0. The highest BCUT2D eigenvalue weighted by Gasteiger charge is 2.35. The summed E-state index contributed by atoms with van der Waals surface area (Å²) in [5.41, 5.74) is 13.7. The lowest BCUT2D eigenvalue weighted by atomic mass is 9.38. The molecule has 0 fully saturated rings. The molecule has 0 aromatic heterocycles. The lowest BCUT2D eigenvalue weighted by Crippen LogP contribution is -2.49. The second kappa shape index (κ2) is 7.82. The SMILES string of the molecule is Cc1cc(C)c(-c2ccc3ccc4c5c(cc6ccc2c3c64)-c2ccccc2B5c2ccccc2)c(C)c1. The number of rotatable bonds is 2. The van der Waals surface area contributed by atoms with E-state index in [1.54, 1.807) is 0 Å². The summed E-state index contributed by atoms with van der Waals surface area (Å²) >= 11 is 0. The zero-order valence-electron chi connectivity index (χ0n) is 22.0. The molecule has 1 aliphatic heterocycles. The van der Waals surface area contributed by atoms with Crippen LogP contribution in [0.25, 0.3) is 54.6 Å². The van der Waals surface area contributed by atoms with Crippen LogP contribution in [0.4, 0.5) is 0 Å². The van der Waals surface area contributed by atoms with Gasteiger partial charge in [-0.3, -0.25) is 0 Å².